The normalized spacial score (nSPS) is 11.0. The van der Waals surface area contributed by atoms with Gasteiger partial charge in [0, 0.05) is 44.1 Å². The number of benzene rings is 2. The molecule has 0 bridgehead atoms. The second kappa shape index (κ2) is 12.2. The number of hydrogen-bond donors (Lipinski definition) is 1. The van der Waals surface area contributed by atoms with Crippen molar-refractivity contribution in [2.75, 3.05) is 25.6 Å². The van der Waals surface area contributed by atoms with Gasteiger partial charge in [0.2, 0.25) is 5.91 Å². The number of ether oxygens (including phenoxy) is 2. The molecule has 5 rings (SSSR count). The monoisotopic (exact) mass is 554 g/mol. The Labute approximate surface area is 236 Å². The fourth-order valence-electron chi connectivity index (χ4n) is 4.11. The number of carbonyl (C=O) groups excluding carboxylic acids is 1. The Hall–Kier alpha value is -4.41. The molecule has 1 N–H and O–H groups in total. The van der Waals surface area contributed by atoms with Gasteiger partial charge >= 0.3 is 0 Å². The summed E-state index contributed by atoms with van der Waals surface area (Å²) >= 11 is 1.51. The van der Waals surface area contributed by atoms with Gasteiger partial charge in [0.15, 0.2) is 5.82 Å². The van der Waals surface area contributed by atoms with Crippen LogP contribution in [-0.4, -0.2) is 51.0 Å². The number of rotatable bonds is 10. The molecular weight excluding hydrogens is 524 g/mol. The number of carbonyl (C=O) groups is 1. The molecule has 3 heterocycles. The van der Waals surface area contributed by atoms with Crippen LogP contribution in [0.15, 0.2) is 67.1 Å². The molecule has 9 nitrogen and oxygen atoms in total. The smallest absolute Gasteiger partial charge is 0.219 e. The summed E-state index contributed by atoms with van der Waals surface area (Å²) in [6.07, 6.45) is 3.26. The molecule has 0 aliphatic heterocycles. The Kier molecular flexibility index (Phi) is 8.28. The van der Waals surface area contributed by atoms with E-state index >= 15 is 0 Å². The second-order valence-corrected chi connectivity index (χ2v) is 10.3. The Balaban J connectivity index is 1.32. The first kappa shape index (κ1) is 27.2. The van der Waals surface area contributed by atoms with Crippen molar-refractivity contribution in [3.8, 4) is 22.1 Å². The molecule has 3 aromatic heterocycles. The molecule has 0 aliphatic carbocycles. The van der Waals surface area contributed by atoms with Crippen molar-refractivity contribution in [3.63, 3.8) is 0 Å². The topological polar surface area (TPSA) is 102 Å². The average molecular weight is 555 g/mol. The molecule has 5 aromatic rings. The first-order valence-electron chi connectivity index (χ1n) is 12.8. The molecule has 0 unspecified atom stereocenters. The minimum atomic E-state index is 0.0202. The SMILES string of the molecule is COCCN(Cc1ccc(-c2nc3c(Nc4ccc(Oc5ccc(C)nc5)c(C)c4)ncnc3s2)cc1)C(C)=O. The number of aryl methyl sites for hydroxylation is 2. The highest BCUT2D eigenvalue weighted by Crippen LogP contribution is 2.34. The standard InChI is InChI=1S/C30H30N6O3S/c1-19-15-24(10-12-26(19)39-25-11-5-20(2)31-16-25)34-28-27-30(33-18-32-28)40-29(35-27)23-8-6-22(7-9-23)17-36(21(3)37)13-14-38-4/h5-12,15-16,18H,13-14,17H2,1-4H3,(H,32,33,34). The largest absolute Gasteiger partial charge is 0.455 e. The van der Waals surface area contributed by atoms with Crippen molar-refractivity contribution >= 4 is 39.1 Å². The quantitative estimate of drug-likeness (QED) is 0.215. The number of aromatic nitrogens is 4. The number of nitrogens with one attached hydrogen (secondary N) is 1. The van der Waals surface area contributed by atoms with Gasteiger partial charge in [-0.1, -0.05) is 35.6 Å². The lowest BCUT2D eigenvalue weighted by molar-refractivity contribution is -0.130. The van der Waals surface area contributed by atoms with E-state index in [0.29, 0.717) is 36.8 Å². The predicted molar refractivity (Wildman–Crippen MR) is 157 cm³/mol. The number of amides is 1. The maximum atomic E-state index is 12.0. The summed E-state index contributed by atoms with van der Waals surface area (Å²) in [5.74, 6) is 2.10. The average Bonchev–Trinajstić information content (AvgIpc) is 3.39. The summed E-state index contributed by atoms with van der Waals surface area (Å²) in [6.45, 7) is 7.10. The molecule has 10 heteroatoms. The third kappa shape index (κ3) is 6.41. The zero-order valence-corrected chi connectivity index (χ0v) is 23.7. The van der Waals surface area contributed by atoms with Gasteiger partial charge in [-0.25, -0.2) is 15.0 Å². The van der Waals surface area contributed by atoms with E-state index in [0.717, 1.165) is 43.7 Å². The van der Waals surface area contributed by atoms with E-state index in [2.05, 4.69) is 20.3 Å². The van der Waals surface area contributed by atoms with E-state index < -0.39 is 0 Å². The highest BCUT2D eigenvalue weighted by molar-refractivity contribution is 7.21. The minimum absolute atomic E-state index is 0.0202. The Morgan fingerprint density at radius 3 is 2.55 bits per heavy atom. The predicted octanol–water partition coefficient (Wildman–Crippen LogP) is 6.30. The summed E-state index contributed by atoms with van der Waals surface area (Å²) in [5.41, 5.74) is 5.51. The molecule has 0 saturated heterocycles. The third-order valence-electron chi connectivity index (χ3n) is 6.33. The Bertz CT molecular complexity index is 1620. The van der Waals surface area contributed by atoms with Gasteiger partial charge in [0.25, 0.3) is 0 Å². The third-order valence-corrected chi connectivity index (χ3v) is 7.34. The van der Waals surface area contributed by atoms with Crippen LogP contribution in [0.25, 0.3) is 20.9 Å². The zero-order valence-electron chi connectivity index (χ0n) is 22.8. The highest BCUT2D eigenvalue weighted by Gasteiger charge is 2.14. The minimum Gasteiger partial charge on any atom is -0.455 e. The number of pyridine rings is 1. The molecule has 204 valence electrons. The highest BCUT2D eigenvalue weighted by atomic mass is 32.1. The number of anilines is 2. The summed E-state index contributed by atoms with van der Waals surface area (Å²) in [6, 6.07) is 17.8. The first-order chi connectivity index (χ1) is 19.4. The lowest BCUT2D eigenvalue weighted by Gasteiger charge is -2.20. The van der Waals surface area contributed by atoms with Crippen molar-refractivity contribution in [3.05, 3.63) is 83.9 Å². The van der Waals surface area contributed by atoms with Crippen molar-refractivity contribution in [2.45, 2.75) is 27.3 Å². The van der Waals surface area contributed by atoms with Gasteiger partial charge in [0.1, 0.15) is 33.2 Å². The maximum absolute atomic E-state index is 12.0. The van der Waals surface area contributed by atoms with Crippen LogP contribution in [0, 0.1) is 13.8 Å². The van der Waals surface area contributed by atoms with E-state index in [1.807, 2.05) is 68.4 Å². The van der Waals surface area contributed by atoms with Crippen molar-refractivity contribution < 1.29 is 14.3 Å². The van der Waals surface area contributed by atoms with Crippen molar-refractivity contribution in [1.82, 2.24) is 24.8 Å². The van der Waals surface area contributed by atoms with Gasteiger partial charge in [-0.3, -0.25) is 9.78 Å². The molecular formula is C30H30N6O3S. The number of thiazole rings is 1. The van der Waals surface area contributed by atoms with Gasteiger partial charge in [0.05, 0.1) is 12.8 Å². The van der Waals surface area contributed by atoms with E-state index in [1.165, 1.54) is 11.3 Å². The van der Waals surface area contributed by atoms with Crippen LogP contribution < -0.4 is 10.1 Å². The summed E-state index contributed by atoms with van der Waals surface area (Å²) < 4.78 is 11.1. The lowest BCUT2D eigenvalue weighted by Crippen LogP contribution is -2.31. The molecule has 1 amide bonds. The molecule has 40 heavy (non-hydrogen) atoms. The van der Waals surface area contributed by atoms with Crippen molar-refractivity contribution in [2.24, 2.45) is 0 Å². The number of methoxy groups -OCH3 is 1. The van der Waals surface area contributed by atoms with Crippen LogP contribution in [0.4, 0.5) is 11.5 Å². The maximum Gasteiger partial charge on any atom is 0.219 e. The number of hydrogen-bond acceptors (Lipinski definition) is 9. The number of nitrogens with zero attached hydrogens (tertiary/aromatic N) is 5. The fourth-order valence-corrected chi connectivity index (χ4v) is 5.02. The Morgan fingerprint density at radius 1 is 1.02 bits per heavy atom. The molecule has 0 saturated carbocycles. The molecule has 0 atom stereocenters. The molecule has 0 spiro atoms. The van der Waals surface area contributed by atoms with Crippen LogP contribution in [0.5, 0.6) is 11.5 Å². The fraction of sp³-hybridized carbons (Fsp3) is 0.233. The van der Waals surface area contributed by atoms with Gasteiger partial charge < -0.3 is 19.7 Å². The lowest BCUT2D eigenvalue weighted by atomic mass is 10.1. The number of fused-ring (bicyclic) bond motifs is 1. The van der Waals surface area contributed by atoms with Crippen LogP contribution in [0.1, 0.15) is 23.7 Å². The second-order valence-electron chi connectivity index (χ2n) is 9.37. The van der Waals surface area contributed by atoms with Gasteiger partial charge in [-0.15, -0.1) is 0 Å². The molecule has 0 aliphatic rings. The van der Waals surface area contributed by atoms with Crippen molar-refractivity contribution in [1.29, 1.82) is 0 Å². The van der Waals surface area contributed by atoms with E-state index in [-0.39, 0.29) is 5.91 Å². The Morgan fingerprint density at radius 2 is 1.85 bits per heavy atom. The summed E-state index contributed by atoms with van der Waals surface area (Å²) in [5, 5.41) is 4.23. The van der Waals surface area contributed by atoms with Gasteiger partial charge in [-0.05, 0) is 55.3 Å². The molecule has 0 radical (unpaired) electrons. The van der Waals surface area contributed by atoms with Crippen LogP contribution >= 0.6 is 11.3 Å². The zero-order chi connectivity index (χ0) is 28.1. The summed E-state index contributed by atoms with van der Waals surface area (Å²) in [7, 11) is 1.63. The van der Waals surface area contributed by atoms with Crippen LogP contribution in [0.2, 0.25) is 0 Å². The van der Waals surface area contributed by atoms with Gasteiger partial charge in [-0.2, -0.15) is 0 Å². The molecule has 0 fully saturated rings. The van der Waals surface area contributed by atoms with E-state index in [9.17, 15) is 4.79 Å². The molecule has 2 aromatic carbocycles. The first-order valence-corrected chi connectivity index (χ1v) is 13.6. The van der Waals surface area contributed by atoms with E-state index in [4.69, 9.17) is 14.5 Å². The van der Waals surface area contributed by atoms with Crippen LogP contribution in [-0.2, 0) is 16.1 Å². The van der Waals surface area contributed by atoms with Crippen LogP contribution in [0.3, 0.4) is 0 Å². The summed E-state index contributed by atoms with van der Waals surface area (Å²) in [4.78, 5) is 32.6. The van der Waals surface area contributed by atoms with E-state index in [1.54, 1.807) is 31.5 Å².